The lowest BCUT2D eigenvalue weighted by Crippen LogP contribution is -2.62. The van der Waals surface area contributed by atoms with Gasteiger partial charge in [0.05, 0.1) is 0 Å². The van der Waals surface area contributed by atoms with E-state index in [0.717, 1.165) is 0 Å². The van der Waals surface area contributed by atoms with Gasteiger partial charge >= 0.3 is 0 Å². The molecule has 0 saturated heterocycles. The molecular formula is C94H190. The van der Waals surface area contributed by atoms with Crippen LogP contribution in [0.25, 0.3) is 0 Å². The van der Waals surface area contributed by atoms with Gasteiger partial charge in [0.1, 0.15) is 0 Å². The maximum Gasteiger partial charge on any atom is -0.0312 e. The van der Waals surface area contributed by atoms with E-state index in [-0.39, 0.29) is 0 Å². The summed E-state index contributed by atoms with van der Waals surface area (Å²) in [4.78, 5) is 0. The Bertz CT molecular complexity index is 1350. The molecular weight excluding hydrogens is 1130 g/mol. The van der Waals surface area contributed by atoms with Gasteiger partial charge in [0.25, 0.3) is 0 Å². The highest BCUT2D eigenvalue weighted by Gasteiger charge is 2.64. The van der Waals surface area contributed by atoms with Crippen molar-refractivity contribution in [3.8, 4) is 0 Å². The smallest absolute Gasteiger partial charge is 0.0312 e. The summed E-state index contributed by atoms with van der Waals surface area (Å²) in [6.45, 7) is 133. The minimum absolute atomic E-state index is 0.444. The van der Waals surface area contributed by atoms with Crippen LogP contribution in [0.4, 0.5) is 0 Å². The highest BCUT2D eigenvalue weighted by Crippen LogP contribution is 2.69. The standard InChI is InChI=1S/C94H190/c1-49(2)73(50(3)4)85(74(51(5)6)52(7)8)91(86(75(53(9)10)54(11)12)76(55(13)14)56(15)16)94(92(87(77(57(17)18)58(19)20)78(59(21)22)60(23)24)88(79(61(25)26)62(27)28)80(63(29)30)64(31)32)93(89(81(65(33)34)66(35)36)82(67(37)38)68(39)40)90(83(69(41)42)70(43)44)84(71(45)46)72(47)48/h49-94H,1-48H3. The second-order valence-corrected chi connectivity index (χ2v) is 42.6. The normalized spacial score (nSPS) is 14.7. The summed E-state index contributed by atoms with van der Waals surface area (Å²) in [5.41, 5.74) is 0. The van der Waals surface area contributed by atoms with Gasteiger partial charge in [-0.05, 0) is 272 Å². The van der Waals surface area contributed by atoms with Gasteiger partial charge < -0.3 is 0 Å². The average molecular weight is 1320 g/mol. The maximum absolute atomic E-state index is 2.76. The molecule has 0 amide bonds. The van der Waals surface area contributed by atoms with Crippen LogP contribution < -0.4 is 0 Å². The monoisotopic (exact) mass is 1320 g/mol. The van der Waals surface area contributed by atoms with Crippen molar-refractivity contribution in [3.63, 3.8) is 0 Å². The van der Waals surface area contributed by atoms with Crippen LogP contribution in [0.2, 0.25) is 0 Å². The summed E-state index contributed by atoms with van der Waals surface area (Å²) in [7, 11) is 0. The third-order valence-electron chi connectivity index (χ3n) is 27.8. The fraction of sp³-hybridized carbons (Fsp3) is 1.00. The lowest BCUT2D eigenvalue weighted by atomic mass is 9.38. The molecule has 0 atom stereocenters. The van der Waals surface area contributed by atoms with Gasteiger partial charge in [-0.15, -0.1) is 0 Å². The summed E-state index contributed by atoms with van der Waals surface area (Å²) in [5, 5.41) is 0. The fourth-order valence-electron chi connectivity index (χ4n) is 27.6. The summed E-state index contributed by atoms with van der Waals surface area (Å²) in [6, 6.07) is 0. The van der Waals surface area contributed by atoms with E-state index in [1.54, 1.807) is 0 Å². The highest BCUT2D eigenvalue weighted by atomic mass is 14.7. The van der Waals surface area contributed by atoms with Crippen molar-refractivity contribution >= 4 is 0 Å². The molecule has 0 fully saturated rings. The third kappa shape index (κ3) is 23.5. The Morgan fingerprint density at radius 2 is 0.0851 bits per heavy atom. The lowest BCUT2D eigenvalue weighted by molar-refractivity contribution is -0.191. The first kappa shape index (κ1) is 94.0. The van der Waals surface area contributed by atoms with Gasteiger partial charge in [-0.2, -0.15) is 0 Å². The number of hydrogen-bond acceptors (Lipinski definition) is 0. The Labute approximate surface area is 601 Å². The predicted molar refractivity (Wildman–Crippen MR) is 433 cm³/mol. The first-order valence-corrected chi connectivity index (χ1v) is 42.7. The van der Waals surface area contributed by atoms with Crippen LogP contribution >= 0.6 is 0 Å². The van der Waals surface area contributed by atoms with Gasteiger partial charge in [-0.25, -0.2) is 0 Å². The van der Waals surface area contributed by atoms with Crippen molar-refractivity contribution < 1.29 is 0 Å². The Kier molecular flexibility index (Phi) is 41.3. The summed E-state index contributed by atoms with van der Waals surface area (Å²) in [6.07, 6.45) is 0. The van der Waals surface area contributed by atoms with Gasteiger partial charge in [-0.1, -0.05) is 332 Å². The van der Waals surface area contributed by atoms with Crippen LogP contribution in [-0.4, -0.2) is 0 Å². The topological polar surface area (TPSA) is 0 Å². The predicted octanol–water partition coefficient (Wildman–Crippen LogP) is 30.3. The fourth-order valence-corrected chi connectivity index (χ4v) is 27.6. The maximum atomic E-state index is 2.76. The zero-order valence-corrected chi connectivity index (χ0v) is 74.6. The summed E-state index contributed by atoms with van der Waals surface area (Å²) >= 11 is 0. The Morgan fingerprint density at radius 1 is 0.0532 bits per heavy atom. The van der Waals surface area contributed by atoms with Gasteiger partial charge in [0.2, 0.25) is 0 Å². The van der Waals surface area contributed by atoms with Crippen molar-refractivity contribution in [3.05, 3.63) is 0 Å². The van der Waals surface area contributed by atoms with E-state index in [1.807, 2.05) is 0 Å². The van der Waals surface area contributed by atoms with E-state index >= 15 is 0 Å². The quantitative estimate of drug-likeness (QED) is 0.0570. The van der Waals surface area contributed by atoms with Crippen LogP contribution in [0.5, 0.6) is 0 Å². The van der Waals surface area contributed by atoms with Gasteiger partial charge in [0, 0.05) is 0 Å². The Balaban J connectivity index is 14.2. The van der Waals surface area contributed by atoms with Crippen molar-refractivity contribution in [2.45, 2.75) is 332 Å². The molecule has 0 saturated carbocycles. The van der Waals surface area contributed by atoms with E-state index in [4.69, 9.17) is 0 Å². The molecule has 0 rings (SSSR count). The van der Waals surface area contributed by atoms with Crippen LogP contribution in [0.15, 0.2) is 0 Å². The van der Waals surface area contributed by atoms with E-state index < -0.39 is 0 Å². The largest absolute Gasteiger partial charge is 0.0625 e. The van der Waals surface area contributed by atoms with E-state index in [2.05, 4.69) is 332 Å². The molecule has 0 heteroatoms. The summed E-state index contributed by atoms with van der Waals surface area (Å²) < 4.78 is 0. The van der Waals surface area contributed by atoms with E-state index in [9.17, 15) is 0 Å². The lowest BCUT2D eigenvalue weighted by Gasteiger charge is -2.66. The molecule has 0 aromatic rings. The molecule has 0 radical (unpaired) electrons. The third-order valence-corrected chi connectivity index (χ3v) is 27.8. The second kappa shape index (κ2) is 41.3. The first-order valence-electron chi connectivity index (χ1n) is 42.7. The van der Waals surface area contributed by atoms with Crippen LogP contribution in [0.3, 0.4) is 0 Å². The molecule has 0 bridgehead atoms. The molecule has 0 aromatic carbocycles. The second-order valence-electron chi connectivity index (χ2n) is 42.6. The minimum Gasteiger partial charge on any atom is -0.0625 e. The minimum atomic E-state index is 0.444. The zero-order valence-electron chi connectivity index (χ0n) is 74.6. The molecule has 0 aliphatic heterocycles. The molecule has 0 N–H and O–H groups in total. The van der Waals surface area contributed by atoms with Crippen LogP contribution in [0.1, 0.15) is 332 Å². The molecule has 0 heterocycles. The van der Waals surface area contributed by atoms with Crippen molar-refractivity contribution in [1.29, 1.82) is 0 Å². The summed E-state index contributed by atoms with van der Waals surface area (Å²) in [5.74, 6) is 24.8. The van der Waals surface area contributed by atoms with E-state index in [1.165, 1.54) is 0 Å². The number of rotatable bonds is 45. The van der Waals surface area contributed by atoms with Crippen molar-refractivity contribution in [2.24, 2.45) is 272 Å². The molecule has 0 aliphatic rings. The molecule has 0 spiro atoms. The zero-order chi connectivity index (χ0) is 74.6. The number of hydrogen-bond donors (Lipinski definition) is 0. The van der Waals surface area contributed by atoms with Crippen molar-refractivity contribution in [1.82, 2.24) is 0 Å². The Hall–Kier alpha value is 0. The molecule has 0 unspecified atom stereocenters. The van der Waals surface area contributed by atoms with E-state index in [0.29, 0.717) is 272 Å². The molecule has 94 heavy (non-hydrogen) atoms. The van der Waals surface area contributed by atoms with Crippen LogP contribution in [0, 0.1) is 272 Å². The molecule has 0 aromatic heterocycles. The molecule has 0 nitrogen and oxygen atoms in total. The SMILES string of the molecule is CC(C)C(C(C)C)C(C(C(C)C)C(C)C)C(C(C(C(C)C)C(C)C)C(C(C)C)C(C)C)C(C(C(C(C(C)C)C(C)C)C(C(C)C)C(C)C)C(C(C(C)C)C(C)C)C(C(C)C)C(C)C)C(C(C(C(C)C)C(C)C)C(C(C)C)C(C)C)C(C(C(C)C)C(C)C)C(C(C)C)C(C)C. The van der Waals surface area contributed by atoms with Crippen LogP contribution in [-0.2, 0) is 0 Å². The average Bonchev–Trinajstić information content (AvgIpc) is 3.33. The highest BCUT2D eigenvalue weighted by molar-refractivity contribution is 5.11. The molecule has 0 aliphatic carbocycles. The first-order chi connectivity index (χ1) is 42.7. The molecule has 566 valence electrons. The van der Waals surface area contributed by atoms with Gasteiger partial charge in [0.15, 0.2) is 0 Å². The Morgan fingerprint density at radius 3 is 0.117 bits per heavy atom. The van der Waals surface area contributed by atoms with Crippen molar-refractivity contribution in [2.75, 3.05) is 0 Å². The van der Waals surface area contributed by atoms with Gasteiger partial charge in [-0.3, -0.25) is 0 Å².